The minimum absolute atomic E-state index is 0.0737. The molecule has 49 heavy (non-hydrogen) atoms. The molecule has 280 valence electrons. The van der Waals surface area contributed by atoms with Crippen LogP contribution in [0.25, 0.3) is 0 Å². The van der Waals surface area contributed by atoms with Gasteiger partial charge in [-0.05, 0) is 117 Å². The first-order valence-electron chi connectivity index (χ1n) is 19.1. The Kier molecular flexibility index (Phi) is 8.26. The van der Waals surface area contributed by atoms with Crippen molar-refractivity contribution < 1.29 is 49.3 Å². The minimum atomic E-state index is -1.31. The monoisotopic (exact) mass is 692 g/mol. The third kappa shape index (κ3) is 4.44. The van der Waals surface area contributed by atoms with E-state index in [4.69, 9.17) is 18.9 Å². The molecule has 5 N–H and O–H groups in total. The van der Waals surface area contributed by atoms with Crippen LogP contribution in [0.5, 0.6) is 0 Å². The summed E-state index contributed by atoms with van der Waals surface area (Å²) in [4.78, 5) is 12.2. The minimum Gasteiger partial charge on any atom is -0.457 e. The smallest absolute Gasteiger partial charge is 0.303 e. The van der Waals surface area contributed by atoms with E-state index in [1.54, 1.807) is 13.8 Å². The highest BCUT2D eigenvalue weighted by Crippen LogP contribution is 2.92. The summed E-state index contributed by atoms with van der Waals surface area (Å²) in [6, 6.07) is 0. The van der Waals surface area contributed by atoms with E-state index in [1.807, 2.05) is 6.92 Å². The van der Waals surface area contributed by atoms with Gasteiger partial charge in [0.25, 0.3) is 0 Å². The van der Waals surface area contributed by atoms with E-state index in [-0.39, 0.29) is 46.2 Å². The van der Waals surface area contributed by atoms with Crippen molar-refractivity contribution in [2.75, 3.05) is 6.61 Å². The number of rotatable bonds is 5. The normalized spacial score (nSPS) is 56.7. The highest BCUT2D eigenvalue weighted by molar-refractivity contribution is 5.66. The largest absolute Gasteiger partial charge is 0.457 e. The first-order chi connectivity index (χ1) is 22.5. The number of hydrogen-bond acceptors (Lipinski definition) is 10. The molecule has 5 saturated carbocycles. The Bertz CT molecular complexity index is 1330. The molecule has 0 radical (unpaired) electrons. The first-order valence-corrected chi connectivity index (χ1v) is 19.1. The Balaban J connectivity index is 1.19. The van der Waals surface area contributed by atoms with Gasteiger partial charge in [-0.2, -0.15) is 0 Å². The van der Waals surface area contributed by atoms with Gasteiger partial charge in [0.15, 0.2) is 12.4 Å². The Hall–Kier alpha value is -0.850. The van der Waals surface area contributed by atoms with Gasteiger partial charge in [-0.15, -0.1) is 0 Å². The summed E-state index contributed by atoms with van der Waals surface area (Å²) in [7, 11) is 0. The SMILES string of the molecule is CC(=O)OC(C1CC(C)C2C(O1)C(C)(O)C1(C)C3CCC4C(C)(C)C(OC5OCC(O)C(O)C5O)CCC45C(C)C35CCC21C)C(C)(C)O. The van der Waals surface area contributed by atoms with Crippen LogP contribution in [-0.2, 0) is 23.7 Å². The summed E-state index contributed by atoms with van der Waals surface area (Å²) in [5.41, 5.74) is -3.06. The van der Waals surface area contributed by atoms with Gasteiger partial charge in [0.05, 0.1) is 36.1 Å². The molecule has 7 rings (SSSR count). The summed E-state index contributed by atoms with van der Waals surface area (Å²) in [5.74, 6) is 1.04. The average Bonchev–Trinajstić information content (AvgIpc) is 3.49. The second-order valence-corrected chi connectivity index (χ2v) is 19.5. The molecule has 7 aliphatic rings. The van der Waals surface area contributed by atoms with Crippen molar-refractivity contribution in [2.24, 2.45) is 56.7 Å². The van der Waals surface area contributed by atoms with Crippen LogP contribution in [0.15, 0.2) is 0 Å². The number of aliphatic hydroxyl groups excluding tert-OH is 3. The average molecular weight is 693 g/mol. The van der Waals surface area contributed by atoms with E-state index in [2.05, 4.69) is 41.5 Å². The van der Waals surface area contributed by atoms with Gasteiger partial charge in [-0.1, -0.05) is 41.5 Å². The number of hydrogen-bond donors (Lipinski definition) is 5. The van der Waals surface area contributed by atoms with Gasteiger partial charge in [0, 0.05) is 12.3 Å². The molecule has 10 heteroatoms. The molecule has 2 heterocycles. The number of fused-ring (bicyclic) bond motifs is 4. The van der Waals surface area contributed by atoms with E-state index >= 15 is 0 Å². The van der Waals surface area contributed by atoms with Gasteiger partial charge < -0.3 is 44.5 Å². The predicted molar refractivity (Wildman–Crippen MR) is 180 cm³/mol. The molecule has 7 fully saturated rings. The Morgan fingerprint density at radius 2 is 1.55 bits per heavy atom. The van der Waals surface area contributed by atoms with E-state index in [1.165, 1.54) is 6.92 Å². The molecule has 0 aromatic rings. The topological polar surface area (TPSA) is 155 Å². The fourth-order valence-electron chi connectivity index (χ4n) is 14.8. The summed E-state index contributed by atoms with van der Waals surface area (Å²) in [6.07, 6.45) is -0.0920. The van der Waals surface area contributed by atoms with E-state index in [0.717, 1.165) is 38.5 Å². The van der Waals surface area contributed by atoms with Crippen molar-refractivity contribution in [3.05, 3.63) is 0 Å². The van der Waals surface area contributed by atoms with E-state index in [0.29, 0.717) is 24.2 Å². The number of ether oxygens (including phenoxy) is 4. The molecule has 18 atom stereocenters. The maximum atomic E-state index is 13.1. The zero-order valence-electron chi connectivity index (χ0n) is 31.4. The fourth-order valence-corrected chi connectivity index (χ4v) is 14.8. The third-order valence-electron chi connectivity index (χ3n) is 17.1. The third-order valence-corrected chi connectivity index (χ3v) is 17.1. The Labute approximate surface area is 292 Å². The molecule has 0 aromatic carbocycles. The van der Waals surface area contributed by atoms with Gasteiger partial charge in [-0.3, -0.25) is 4.79 Å². The van der Waals surface area contributed by atoms with Crippen LogP contribution in [-0.4, -0.2) is 98.3 Å². The lowest BCUT2D eigenvalue weighted by Crippen LogP contribution is -2.63. The van der Waals surface area contributed by atoms with Crippen LogP contribution >= 0.6 is 0 Å². The maximum Gasteiger partial charge on any atom is 0.303 e. The van der Waals surface area contributed by atoms with Gasteiger partial charge >= 0.3 is 5.97 Å². The summed E-state index contributed by atoms with van der Waals surface area (Å²) < 4.78 is 24.8. The number of carbonyl (C=O) groups is 1. The van der Waals surface area contributed by atoms with Crippen LogP contribution in [0.2, 0.25) is 0 Å². The first kappa shape index (κ1) is 36.5. The van der Waals surface area contributed by atoms with Crippen molar-refractivity contribution in [1.82, 2.24) is 0 Å². The second kappa shape index (κ2) is 11.1. The molecule has 10 nitrogen and oxygen atoms in total. The summed E-state index contributed by atoms with van der Waals surface area (Å²) in [5, 5.41) is 55.2. The Morgan fingerprint density at radius 3 is 2.18 bits per heavy atom. The van der Waals surface area contributed by atoms with E-state index in [9.17, 15) is 30.3 Å². The molecule has 2 spiro atoms. The quantitative estimate of drug-likeness (QED) is 0.211. The number of aliphatic hydroxyl groups is 5. The second-order valence-electron chi connectivity index (χ2n) is 19.5. The highest BCUT2D eigenvalue weighted by atomic mass is 16.7. The van der Waals surface area contributed by atoms with Crippen molar-refractivity contribution in [1.29, 1.82) is 0 Å². The lowest BCUT2D eigenvalue weighted by Gasteiger charge is -2.65. The number of esters is 1. The van der Waals surface area contributed by atoms with E-state index < -0.39 is 65.5 Å². The zero-order valence-corrected chi connectivity index (χ0v) is 31.4. The molecule has 2 saturated heterocycles. The molecule has 0 amide bonds. The molecular formula is C39H64O10. The Morgan fingerprint density at radius 1 is 0.918 bits per heavy atom. The molecule has 18 unspecified atom stereocenters. The van der Waals surface area contributed by atoms with Crippen LogP contribution in [0.3, 0.4) is 0 Å². The molecule has 2 aliphatic heterocycles. The molecule has 0 bridgehead atoms. The van der Waals surface area contributed by atoms with Crippen LogP contribution in [0.1, 0.15) is 114 Å². The number of carbonyl (C=O) groups excluding carboxylic acids is 1. The zero-order chi connectivity index (χ0) is 36.1. The summed E-state index contributed by atoms with van der Waals surface area (Å²) in [6.45, 7) is 20.7. The predicted octanol–water partition coefficient (Wildman–Crippen LogP) is 3.96. The van der Waals surface area contributed by atoms with Crippen LogP contribution in [0, 0.1) is 56.7 Å². The molecular weight excluding hydrogens is 628 g/mol. The lowest BCUT2D eigenvalue weighted by molar-refractivity contribution is -0.303. The maximum absolute atomic E-state index is 13.1. The standard InChI is InChI=1S/C39H64O10/c1-19-17-23(30(34(6,7)44)47-21(3)40)48-31-27(19)35(8)15-16-39-20(2)38(39)14-13-26(49-32-29(43)28(42)22(41)18-46-32)33(4,5)24(38)11-12-25(39)36(35,9)37(31,10)45/h19-20,22-32,41-45H,11-18H2,1-10H3. The highest BCUT2D eigenvalue weighted by Gasteiger charge is 2.89. The molecule has 0 aromatic heterocycles. The van der Waals surface area contributed by atoms with Crippen LogP contribution in [0.4, 0.5) is 0 Å². The van der Waals surface area contributed by atoms with Gasteiger partial charge in [-0.25, -0.2) is 0 Å². The van der Waals surface area contributed by atoms with Gasteiger partial charge in [0.1, 0.15) is 18.3 Å². The molecule has 5 aliphatic carbocycles. The van der Waals surface area contributed by atoms with Crippen molar-refractivity contribution >= 4 is 5.97 Å². The summed E-state index contributed by atoms with van der Waals surface area (Å²) >= 11 is 0. The van der Waals surface area contributed by atoms with Gasteiger partial charge in [0.2, 0.25) is 0 Å². The van der Waals surface area contributed by atoms with Crippen molar-refractivity contribution in [3.63, 3.8) is 0 Å². The van der Waals surface area contributed by atoms with Crippen molar-refractivity contribution in [2.45, 2.75) is 174 Å². The fraction of sp³-hybridized carbons (Fsp3) is 0.974. The van der Waals surface area contributed by atoms with Crippen LogP contribution < -0.4 is 0 Å². The van der Waals surface area contributed by atoms with Crippen molar-refractivity contribution in [3.8, 4) is 0 Å². The lowest BCUT2D eigenvalue weighted by atomic mass is 9.40.